The molecule has 9 nitrogen and oxygen atoms in total. The molecule has 0 spiro atoms. The monoisotopic (exact) mass is 495 g/mol. The lowest BCUT2D eigenvalue weighted by atomic mass is 9.88. The molecule has 0 aliphatic carbocycles. The van der Waals surface area contributed by atoms with Crippen molar-refractivity contribution in [2.75, 3.05) is 29.9 Å². The maximum absolute atomic E-state index is 12.7. The van der Waals surface area contributed by atoms with Crippen molar-refractivity contribution >= 4 is 23.1 Å². The van der Waals surface area contributed by atoms with E-state index in [0.29, 0.717) is 35.4 Å². The summed E-state index contributed by atoms with van der Waals surface area (Å²) in [5, 5.41) is 16.4. The first kappa shape index (κ1) is 23.8. The second kappa shape index (κ2) is 8.93. The van der Waals surface area contributed by atoms with Gasteiger partial charge in [0.1, 0.15) is 17.5 Å². The number of piperidine rings is 1. The highest BCUT2D eigenvalue weighted by Crippen LogP contribution is 2.36. The van der Waals surface area contributed by atoms with Gasteiger partial charge in [-0.05, 0) is 45.4 Å². The number of carbonyl (C=O) groups excluding carboxylic acids is 1. The van der Waals surface area contributed by atoms with Crippen LogP contribution in [0.15, 0.2) is 36.8 Å². The van der Waals surface area contributed by atoms with E-state index in [1.165, 1.54) is 10.7 Å². The molecular weight excluding hydrogens is 468 g/mol. The number of piperazine rings is 1. The van der Waals surface area contributed by atoms with Gasteiger partial charge < -0.3 is 15.0 Å². The maximum atomic E-state index is 12.7. The minimum atomic E-state index is -2.50. The Bertz CT molecular complexity index is 1320. The molecule has 3 aromatic heterocycles. The number of nitrogens with one attached hydrogen (secondary N) is 1. The lowest BCUT2D eigenvalue weighted by Crippen LogP contribution is -2.70. The molecule has 2 bridgehead atoms. The minimum Gasteiger partial charge on any atom is -0.444 e. The molecule has 2 unspecified atom stereocenters. The summed E-state index contributed by atoms with van der Waals surface area (Å²) in [5.74, 6) is 0.786. The van der Waals surface area contributed by atoms with Crippen molar-refractivity contribution in [2.45, 2.75) is 51.3 Å². The fraction of sp³-hybridized carbons (Fsp3) is 0.440. The van der Waals surface area contributed by atoms with E-state index in [-0.39, 0.29) is 18.2 Å². The molecule has 188 valence electrons. The summed E-state index contributed by atoms with van der Waals surface area (Å²) in [5.41, 5.74) is 2.30. The number of anilines is 2. The first-order valence-corrected chi connectivity index (χ1v) is 11.8. The summed E-state index contributed by atoms with van der Waals surface area (Å²) in [6.07, 6.45) is 2.92. The van der Waals surface area contributed by atoms with Gasteiger partial charge in [-0.3, -0.25) is 4.90 Å². The minimum absolute atomic E-state index is 0.0854. The number of amides is 1. The predicted octanol–water partition coefficient (Wildman–Crippen LogP) is 4.14. The van der Waals surface area contributed by atoms with Gasteiger partial charge in [0, 0.05) is 30.4 Å². The molecule has 1 amide bonds. The highest BCUT2D eigenvalue weighted by Gasteiger charge is 2.49. The van der Waals surface area contributed by atoms with Crippen molar-refractivity contribution in [3.63, 3.8) is 0 Å². The molecule has 3 aliphatic heterocycles. The van der Waals surface area contributed by atoms with Crippen LogP contribution in [0.2, 0.25) is 0 Å². The molecular formula is C25H27F2N7O2. The molecule has 6 heterocycles. The molecule has 36 heavy (non-hydrogen) atoms. The van der Waals surface area contributed by atoms with Crippen LogP contribution < -0.4 is 10.2 Å². The molecule has 0 aromatic carbocycles. The summed E-state index contributed by atoms with van der Waals surface area (Å²) in [7, 11) is 0. The number of nitriles is 1. The van der Waals surface area contributed by atoms with Crippen molar-refractivity contribution in [3.05, 3.63) is 42.4 Å². The highest BCUT2D eigenvalue weighted by atomic mass is 19.3. The van der Waals surface area contributed by atoms with Gasteiger partial charge in [0.15, 0.2) is 0 Å². The van der Waals surface area contributed by atoms with E-state index in [1.807, 2.05) is 37.8 Å². The third-order valence-electron chi connectivity index (χ3n) is 6.37. The van der Waals surface area contributed by atoms with Gasteiger partial charge in [0.05, 0.1) is 47.8 Å². The SMILES string of the molecule is CC(C)(C)OC(=O)N1C2CC1CN(c1ccc(-c3cc(NCC(F)F)cn4ncc(C#N)c34)cn1)C2. The smallest absolute Gasteiger partial charge is 0.410 e. The van der Waals surface area contributed by atoms with E-state index in [2.05, 4.69) is 26.4 Å². The van der Waals surface area contributed by atoms with Crippen LogP contribution in [0, 0.1) is 11.3 Å². The maximum Gasteiger partial charge on any atom is 0.410 e. The van der Waals surface area contributed by atoms with E-state index in [0.717, 1.165) is 17.8 Å². The van der Waals surface area contributed by atoms with Crippen molar-refractivity contribution in [3.8, 4) is 17.2 Å². The zero-order chi connectivity index (χ0) is 25.6. The van der Waals surface area contributed by atoms with Crippen molar-refractivity contribution in [2.24, 2.45) is 0 Å². The normalized spacial score (nSPS) is 19.2. The van der Waals surface area contributed by atoms with Gasteiger partial charge in [0.25, 0.3) is 6.43 Å². The molecule has 3 fully saturated rings. The summed E-state index contributed by atoms with van der Waals surface area (Å²) in [6.45, 7) is 6.42. The van der Waals surface area contributed by atoms with Crippen LogP contribution in [0.25, 0.3) is 16.6 Å². The number of ether oxygens (including phenoxy) is 1. The Morgan fingerprint density at radius 3 is 2.64 bits per heavy atom. The van der Waals surface area contributed by atoms with Crippen molar-refractivity contribution in [1.29, 1.82) is 5.26 Å². The van der Waals surface area contributed by atoms with Crippen molar-refractivity contribution < 1.29 is 18.3 Å². The quantitative estimate of drug-likeness (QED) is 0.568. The molecule has 2 atom stereocenters. The van der Waals surface area contributed by atoms with Crippen molar-refractivity contribution in [1.82, 2.24) is 19.5 Å². The molecule has 11 heteroatoms. The predicted molar refractivity (Wildman–Crippen MR) is 130 cm³/mol. The lowest BCUT2D eigenvalue weighted by molar-refractivity contribution is -0.0380. The van der Waals surface area contributed by atoms with Crippen LogP contribution >= 0.6 is 0 Å². The van der Waals surface area contributed by atoms with E-state index in [1.54, 1.807) is 18.5 Å². The van der Waals surface area contributed by atoms with Gasteiger partial charge >= 0.3 is 6.09 Å². The summed E-state index contributed by atoms with van der Waals surface area (Å²) >= 11 is 0. The van der Waals surface area contributed by atoms with Crippen LogP contribution in [0.5, 0.6) is 0 Å². The molecule has 1 N–H and O–H groups in total. The molecule has 3 aromatic rings. The number of hydrogen-bond donors (Lipinski definition) is 1. The summed E-state index contributed by atoms with van der Waals surface area (Å²) < 4.78 is 32.5. The van der Waals surface area contributed by atoms with Gasteiger partial charge in [0.2, 0.25) is 0 Å². The van der Waals surface area contributed by atoms with Crippen LogP contribution in [0.3, 0.4) is 0 Å². The van der Waals surface area contributed by atoms with Gasteiger partial charge in [-0.1, -0.05) is 0 Å². The molecule has 0 saturated carbocycles. The van der Waals surface area contributed by atoms with E-state index < -0.39 is 18.6 Å². The van der Waals surface area contributed by atoms with Gasteiger partial charge in [-0.25, -0.2) is 23.1 Å². The third-order valence-corrected chi connectivity index (χ3v) is 6.37. The lowest BCUT2D eigenvalue weighted by Gasteiger charge is -2.56. The van der Waals surface area contributed by atoms with Crippen LogP contribution in [-0.2, 0) is 4.74 Å². The Labute approximate surface area is 207 Å². The first-order valence-electron chi connectivity index (χ1n) is 11.8. The molecule has 3 aliphatic rings. The Morgan fingerprint density at radius 2 is 2.03 bits per heavy atom. The second-order valence-electron chi connectivity index (χ2n) is 10.1. The van der Waals surface area contributed by atoms with Gasteiger partial charge in [-0.2, -0.15) is 10.4 Å². The molecule has 6 rings (SSSR count). The summed E-state index contributed by atoms with van der Waals surface area (Å²) in [6, 6.07) is 7.83. The second-order valence-corrected chi connectivity index (χ2v) is 10.1. The van der Waals surface area contributed by atoms with Crippen LogP contribution in [0.4, 0.5) is 25.1 Å². The van der Waals surface area contributed by atoms with Gasteiger partial charge in [-0.15, -0.1) is 0 Å². The first-order chi connectivity index (χ1) is 17.1. The number of aromatic nitrogens is 3. The Hall–Kier alpha value is -3.94. The molecule has 3 saturated heterocycles. The number of halogens is 2. The number of hydrogen-bond acceptors (Lipinski definition) is 7. The van der Waals surface area contributed by atoms with Crippen LogP contribution in [-0.4, -0.2) is 69.3 Å². The Balaban J connectivity index is 1.36. The fourth-order valence-corrected chi connectivity index (χ4v) is 4.86. The largest absolute Gasteiger partial charge is 0.444 e. The zero-order valence-corrected chi connectivity index (χ0v) is 20.3. The molecule has 0 radical (unpaired) electrons. The number of pyridine rings is 2. The highest BCUT2D eigenvalue weighted by molar-refractivity contribution is 5.86. The van der Waals surface area contributed by atoms with E-state index in [4.69, 9.17) is 4.74 Å². The Morgan fingerprint density at radius 1 is 1.28 bits per heavy atom. The third kappa shape index (κ3) is 4.51. The number of alkyl halides is 2. The zero-order valence-electron chi connectivity index (χ0n) is 20.3. The van der Waals surface area contributed by atoms with E-state index >= 15 is 0 Å². The number of carbonyl (C=O) groups is 1. The Kier molecular flexibility index (Phi) is 5.90. The average Bonchev–Trinajstić information content (AvgIpc) is 3.24. The average molecular weight is 496 g/mol. The summed E-state index contributed by atoms with van der Waals surface area (Å²) in [4.78, 5) is 21.2. The topological polar surface area (TPSA) is 98.8 Å². The van der Waals surface area contributed by atoms with E-state index in [9.17, 15) is 18.8 Å². The fourth-order valence-electron chi connectivity index (χ4n) is 4.86. The number of fused-ring (bicyclic) bond motifs is 3. The standard InChI is InChI=1S/C25H27F2N7O2/c1-25(2,3)36-24(35)34-18-7-19(34)14-32(13-18)22-5-4-15(9-30-22)20-6-17(29-11-21(26)27)12-33-23(20)16(8-28)10-31-33/h4-6,9-10,12,18-19,21,29H,7,11,13-14H2,1-3H3. The van der Waals surface area contributed by atoms with Crippen LogP contribution in [0.1, 0.15) is 32.8 Å². The number of rotatable bonds is 5. The number of nitrogens with zero attached hydrogens (tertiary/aromatic N) is 6.